The first-order valence-electron chi connectivity index (χ1n) is 9.61. The number of guanidine groups is 1. The number of hydrogen-bond donors (Lipinski definition) is 2. The minimum atomic E-state index is -4.31. The van der Waals surface area contributed by atoms with Gasteiger partial charge >= 0.3 is 6.18 Å². The van der Waals surface area contributed by atoms with E-state index in [0.29, 0.717) is 24.6 Å². The number of alkyl halides is 3. The summed E-state index contributed by atoms with van der Waals surface area (Å²) >= 11 is 0. The highest BCUT2D eigenvalue weighted by Gasteiger charge is 2.27. The highest BCUT2D eigenvalue weighted by atomic mass is 19.4. The first kappa shape index (κ1) is 23.5. The van der Waals surface area contributed by atoms with E-state index in [1.165, 1.54) is 5.56 Å². The SMILES string of the molecule is CN=C(NCCc1cc(C)ccc1OC)NCc1ccc(COCC(F)(F)F)cc1. The molecule has 0 bridgehead atoms. The van der Waals surface area contributed by atoms with Crippen molar-refractivity contribution < 1.29 is 22.6 Å². The number of nitrogens with one attached hydrogen (secondary N) is 2. The highest BCUT2D eigenvalue weighted by molar-refractivity contribution is 5.79. The fraction of sp³-hybridized carbons (Fsp3) is 0.409. The third kappa shape index (κ3) is 8.32. The molecular formula is C22H28F3N3O2. The molecule has 30 heavy (non-hydrogen) atoms. The van der Waals surface area contributed by atoms with Crippen molar-refractivity contribution in [2.24, 2.45) is 4.99 Å². The third-order valence-electron chi connectivity index (χ3n) is 4.36. The van der Waals surface area contributed by atoms with E-state index in [1.807, 2.05) is 31.2 Å². The zero-order valence-corrected chi connectivity index (χ0v) is 17.5. The van der Waals surface area contributed by atoms with Gasteiger partial charge in [0, 0.05) is 20.1 Å². The van der Waals surface area contributed by atoms with Gasteiger partial charge in [0.25, 0.3) is 0 Å². The molecule has 0 saturated heterocycles. The van der Waals surface area contributed by atoms with E-state index >= 15 is 0 Å². The molecule has 2 aromatic rings. The summed E-state index contributed by atoms with van der Waals surface area (Å²) in [5.74, 6) is 1.53. The van der Waals surface area contributed by atoms with E-state index < -0.39 is 12.8 Å². The summed E-state index contributed by atoms with van der Waals surface area (Å²) in [6.45, 7) is 1.96. The van der Waals surface area contributed by atoms with Crippen LogP contribution >= 0.6 is 0 Å². The fourth-order valence-electron chi connectivity index (χ4n) is 2.86. The lowest BCUT2D eigenvalue weighted by atomic mass is 10.1. The average molecular weight is 423 g/mol. The van der Waals surface area contributed by atoms with Crippen molar-refractivity contribution in [3.05, 3.63) is 64.7 Å². The number of aryl methyl sites for hydroxylation is 1. The summed E-state index contributed by atoms with van der Waals surface area (Å²) in [7, 11) is 3.36. The van der Waals surface area contributed by atoms with Crippen molar-refractivity contribution in [1.29, 1.82) is 0 Å². The topological polar surface area (TPSA) is 54.9 Å². The minimum Gasteiger partial charge on any atom is -0.496 e. The van der Waals surface area contributed by atoms with E-state index in [0.717, 1.165) is 23.3 Å². The molecule has 0 aliphatic heterocycles. The maximum absolute atomic E-state index is 12.1. The lowest BCUT2D eigenvalue weighted by Gasteiger charge is -2.14. The molecule has 5 nitrogen and oxygen atoms in total. The van der Waals surface area contributed by atoms with Gasteiger partial charge < -0.3 is 20.1 Å². The predicted molar refractivity (Wildman–Crippen MR) is 112 cm³/mol. The normalized spacial score (nSPS) is 12.0. The van der Waals surface area contributed by atoms with Gasteiger partial charge in [0.05, 0.1) is 13.7 Å². The van der Waals surface area contributed by atoms with Crippen LogP contribution in [0.25, 0.3) is 0 Å². The molecule has 0 atom stereocenters. The van der Waals surface area contributed by atoms with Crippen LogP contribution in [-0.2, 0) is 24.3 Å². The summed E-state index contributed by atoms with van der Waals surface area (Å²) in [5.41, 5.74) is 3.99. The Hall–Kier alpha value is -2.74. The lowest BCUT2D eigenvalue weighted by Crippen LogP contribution is -2.37. The molecule has 0 aliphatic carbocycles. The van der Waals surface area contributed by atoms with Crippen LogP contribution in [0, 0.1) is 6.92 Å². The van der Waals surface area contributed by atoms with Crippen LogP contribution < -0.4 is 15.4 Å². The third-order valence-corrected chi connectivity index (χ3v) is 4.36. The van der Waals surface area contributed by atoms with Crippen LogP contribution in [0.15, 0.2) is 47.5 Å². The van der Waals surface area contributed by atoms with Gasteiger partial charge in [0.1, 0.15) is 12.4 Å². The van der Waals surface area contributed by atoms with Crippen molar-refractivity contribution in [2.75, 3.05) is 27.3 Å². The van der Waals surface area contributed by atoms with Crippen molar-refractivity contribution in [3.8, 4) is 5.75 Å². The van der Waals surface area contributed by atoms with Crippen LogP contribution in [0.1, 0.15) is 22.3 Å². The summed E-state index contributed by atoms with van der Waals surface area (Å²) < 4.78 is 46.4. The molecule has 164 valence electrons. The zero-order valence-electron chi connectivity index (χ0n) is 17.5. The van der Waals surface area contributed by atoms with Gasteiger partial charge in [-0.15, -0.1) is 0 Å². The van der Waals surface area contributed by atoms with Crippen molar-refractivity contribution in [1.82, 2.24) is 10.6 Å². The molecule has 0 unspecified atom stereocenters. The van der Waals surface area contributed by atoms with Gasteiger partial charge in [-0.05, 0) is 36.1 Å². The molecule has 0 heterocycles. The van der Waals surface area contributed by atoms with Crippen molar-refractivity contribution in [2.45, 2.75) is 32.7 Å². The Morgan fingerprint density at radius 1 is 1.03 bits per heavy atom. The number of benzene rings is 2. The second-order valence-electron chi connectivity index (χ2n) is 6.84. The standard InChI is InChI=1S/C22H28F3N3O2/c1-16-4-9-20(29-3)19(12-16)10-11-27-21(26-2)28-13-17-5-7-18(8-6-17)14-30-15-22(23,24)25/h4-9,12H,10-11,13-15H2,1-3H3,(H2,26,27,28). The van der Waals surface area contributed by atoms with E-state index in [1.54, 1.807) is 26.3 Å². The van der Waals surface area contributed by atoms with Crippen LogP contribution in [0.4, 0.5) is 13.2 Å². The largest absolute Gasteiger partial charge is 0.496 e. The number of aliphatic imine (C=N–C) groups is 1. The number of methoxy groups -OCH3 is 1. The van der Waals surface area contributed by atoms with E-state index in [9.17, 15) is 13.2 Å². The Kier molecular flexibility index (Phi) is 8.98. The molecular weight excluding hydrogens is 395 g/mol. The Morgan fingerprint density at radius 2 is 1.73 bits per heavy atom. The number of ether oxygens (including phenoxy) is 2. The highest BCUT2D eigenvalue weighted by Crippen LogP contribution is 2.19. The molecule has 0 aromatic heterocycles. The van der Waals surface area contributed by atoms with Crippen LogP contribution in [-0.4, -0.2) is 39.4 Å². The van der Waals surface area contributed by atoms with E-state index in [-0.39, 0.29) is 6.61 Å². The molecule has 0 fully saturated rings. The average Bonchev–Trinajstić information content (AvgIpc) is 2.71. The summed E-state index contributed by atoms with van der Waals surface area (Å²) in [6, 6.07) is 13.3. The smallest absolute Gasteiger partial charge is 0.411 e. The predicted octanol–water partition coefficient (Wildman–Crippen LogP) is 3.99. The molecule has 2 aromatic carbocycles. The molecule has 8 heteroatoms. The molecule has 2 N–H and O–H groups in total. The van der Waals surface area contributed by atoms with E-state index in [2.05, 4.69) is 26.4 Å². The first-order chi connectivity index (χ1) is 14.3. The van der Waals surface area contributed by atoms with Gasteiger partial charge in [0.15, 0.2) is 5.96 Å². The maximum Gasteiger partial charge on any atom is 0.411 e. The Bertz CT molecular complexity index is 821. The summed E-state index contributed by atoms with van der Waals surface area (Å²) in [4.78, 5) is 4.21. The van der Waals surface area contributed by atoms with Gasteiger partial charge in [-0.2, -0.15) is 13.2 Å². The van der Waals surface area contributed by atoms with Crippen molar-refractivity contribution in [3.63, 3.8) is 0 Å². The van der Waals surface area contributed by atoms with Crippen molar-refractivity contribution >= 4 is 5.96 Å². The minimum absolute atomic E-state index is 0.0706. The van der Waals surface area contributed by atoms with Crippen LogP contribution in [0.5, 0.6) is 5.75 Å². The molecule has 0 saturated carbocycles. The second kappa shape index (κ2) is 11.4. The number of halogens is 3. The lowest BCUT2D eigenvalue weighted by molar-refractivity contribution is -0.176. The van der Waals surface area contributed by atoms with Gasteiger partial charge in [-0.1, -0.05) is 42.0 Å². The summed E-state index contributed by atoms with van der Waals surface area (Å²) in [5, 5.41) is 6.49. The second-order valence-corrected chi connectivity index (χ2v) is 6.84. The Labute approximate surface area is 175 Å². The van der Waals surface area contributed by atoms with Gasteiger partial charge in [0.2, 0.25) is 0 Å². The Morgan fingerprint density at radius 3 is 2.37 bits per heavy atom. The first-order valence-corrected chi connectivity index (χ1v) is 9.61. The summed E-state index contributed by atoms with van der Waals surface area (Å²) in [6.07, 6.45) is -3.52. The quantitative estimate of drug-likeness (QED) is 0.473. The van der Waals surface area contributed by atoms with Crippen LogP contribution in [0.2, 0.25) is 0 Å². The van der Waals surface area contributed by atoms with Crippen LogP contribution in [0.3, 0.4) is 0 Å². The van der Waals surface area contributed by atoms with Gasteiger partial charge in [-0.25, -0.2) is 0 Å². The number of hydrogen-bond acceptors (Lipinski definition) is 3. The molecule has 0 spiro atoms. The zero-order chi connectivity index (χ0) is 22.0. The fourth-order valence-corrected chi connectivity index (χ4v) is 2.86. The molecule has 2 rings (SSSR count). The Balaban J connectivity index is 1.77. The molecule has 0 aliphatic rings. The van der Waals surface area contributed by atoms with Gasteiger partial charge in [-0.3, -0.25) is 4.99 Å². The molecule has 0 radical (unpaired) electrons. The number of rotatable bonds is 9. The number of nitrogens with zero attached hydrogens (tertiary/aromatic N) is 1. The molecule has 0 amide bonds. The maximum atomic E-state index is 12.1. The van der Waals surface area contributed by atoms with E-state index in [4.69, 9.17) is 4.74 Å². The monoisotopic (exact) mass is 423 g/mol.